The van der Waals surface area contributed by atoms with Crippen molar-refractivity contribution in [2.24, 2.45) is 0 Å². The number of carbonyl (C=O) groups is 2. The molecule has 0 saturated carbocycles. The topological polar surface area (TPSA) is 57.6 Å². The Bertz CT molecular complexity index is 440. The van der Waals surface area contributed by atoms with Gasteiger partial charge in [-0.15, -0.1) is 0 Å². The summed E-state index contributed by atoms with van der Waals surface area (Å²) in [5.74, 6) is -0.831. The number of carboxylic acids is 1. The number of unbranched alkanes of at least 4 members (excludes halogenated alkanes) is 11. The van der Waals surface area contributed by atoms with Gasteiger partial charge in [0.1, 0.15) is 6.04 Å². The van der Waals surface area contributed by atoms with Gasteiger partial charge < -0.3 is 10.0 Å². The van der Waals surface area contributed by atoms with Crippen LogP contribution in [0.3, 0.4) is 0 Å². The first kappa shape index (κ1) is 27.7. The van der Waals surface area contributed by atoms with Gasteiger partial charge in [0.2, 0.25) is 5.91 Å². The molecule has 1 aliphatic heterocycles. The predicted octanol–water partition coefficient (Wildman–Crippen LogP) is 5.45. The Morgan fingerprint density at radius 2 is 1.43 bits per heavy atom. The van der Waals surface area contributed by atoms with E-state index in [1.807, 2.05) is 0 Å². The molecule has 0 radical (unpaired) electrons. The molecule has 0 aromatic rings. The van der Waals surface area contributed by atoms with Crippen LogP contribution in [0.2, 0.25) is 0 Å². The van der Waals surface area contributed by atoms with Gasteiger partial charge in [0.05, 0.1) is 0 Å². The van der Waals surface area contributed by atoms with Crippen LogP contribution in [0.1, 0.15) is 110 Å². The van der Waals surface area contributed by atoms with Gasteiger partial charge in [-0.2, -0.15) is 0 Å². The zero-order valence-corrected chi connectivity index (χ0v) is 17.5. The molecule has 1 saturated heterocycles. The van der Waals surface area contributed by atoms with Crippen molar-refractivity contribution >= 4 is 41.4 Å². The van der Waals surface area contributed by atoms with Crippen molar-refractivity contribution in [2.45, 2.75) is 116 Å². The number of hydrogen-bond donors (Lipinski definition) is 1. The van der Waals surface area contributed by atoms with Crippen LogP contribution in [0.5, 0.6) is 0 Å². The van der Waals surface area contributed by atoms with Crippen molar-refractivity contribution in [3.05, 3.63) is 12.2 Å². The number of hydrogen-bond acceptors (Lipinski definition) is 2. The number of carboxylic acid groups (broad SMARTS) is 1. The Labute approximate surface area is 194 Å². The number of likely N-dealkylation sites (tertiary alicyclic amines) is 1. The van der Waals surface area contributed by atoms with E-state index in [4.69, 9.17) is 5.11 Å². The van der Waals surface area contributed by atoms with Gasteiger partial charge in [-0.1, -0.05) is 70.4 Å². The van der Waals surface area contributed by atoms with E-state index in [9.17, 15) is 9.59 Å². The SMILES string of the molecule is CCCCCCCC/C=C\CCCCCCCC(=O)N1CCC[C@H]1C(=O)O.[NaH]. The summed E-state index contributed by atoms with van der Waals surface area (Å²) in [7, 11) is 0. The number of aliphatic carboxylic acids is 1. The van der Waals surface area contributed by atoms with E-state index in [-0.39, 0.29) is 35.5 Å². The molecule has 0 aromatic carbocycles. The van der Waals surface area contributed by atoms with Gasteiger partial charge in [-0.05, 0) is 44.9 Å². The summed E-state index contributed by atoms with van der Waals surface area (Å²) in [6.07, 6.45) is 22.7. The summed E-state index contributed by atoms with van der Waals surface area (Å²) in [6.45, 7) is 2.87. The monoisotopic (exact) mass is 403 g/mol. The minimum atomic E-state index is -0.856. The molecule has 1 N–H and O–H groups in total. The first-order chi connectivity index (χ1) is 13.2. The Morgan fingerprint density at radius 3 is 2.00 bits per heavy atom. The second kappa shape index (κ2) is 18.7. The molecule has 4 nitrogen and oxygen atoms in total. The van der Waals surface area contributed by atoms with Gasteiger partial charge in [0.25, 0.3) is 0 Å². The molecule has 1 amide bonds. The molecule has 28 heavy (non-hydrogen) atoms. The summed E-state index contributed by atoms with van der Waals surface area (Å²) < 4.78 is 0. The summed E-state index contributed by atoms with van der Waals surface area (Å²) in [5, 5.41) is 9.14. The Morgan fingerprint density at radius 1 is 0.893 bits per heavy atom. The number of allylic oxidation sites excluding steroid dienone is 2. The number of carbonyl (C=O) groups excluding carboxylic acids is 1. The van der Waals surface area contributed by atoms with Gasteiger partial charge >= 0.3 is 35.5 Å². The molecule has 1 fully saturated rings. The van der Waals surface area contributed by atoms with Crippen LogP contribution in [0.25, 0.3) is 0 Å². The van der Waals surface area contributed by atoms with E-state index in [0.29, 0.717) is 19.4 Å². The molecule has 0 aliphatic carbocycles. The normalized spacial score (nSPS) is 16.5. The Hall–Kier alpha value is -0.320. The molecule has 1 atom stereocenters. The maximum atomic E-state index is 12.1. The van der Waals surface area contributed by atoms with E-state index in [0.717, 1.165) is 19.3 Å². The fourth-order valence-electron chi connectivity index (χ4n) is 3.81. The van der Waals surface area contributed by atoms with Gasteiger partial charge in [-0.25, -0.2) is 4.79 Å². The molecule has 1 aliphatic rings. The second-order valence-corrected chi connectivity index (χ2v) is 7.92. The van der Waals surface area contributed by atoms with Crippen LogP contribution in [-0.4, -0.2) is 64.0 Å². The third kappa shape index (κ3) is 13.0. The summed E-state index contributed by atoms with van der Waals surface area (Å²) in [6, 6.07) is -0.583. The fraction of sp³-hybridized carbons (Fsp3) is 0.826. The van der Waals surface area contributed by atoms with Crippen LogP contribution in [0, 0.1) is 0 Å². The van der Waals surface area contributed by atoms with Crippen LogP contribution >= 0.6 is 0 Å². The minimum absolute atomic E-state index is 0. The van der Waals surface area contributed by atoms with E-state index >= 15 is 0 Å². The summed E-state index contributed by atoms with van der Waals surface area (Å²) >= 11 is 0. The zero-order valence-electron chi connectivity index (χ0n) is 17.5. The van der Waals surface area contributed by atoms with Crippen molar-refractivity contribution in [2.75, 3.05) is 6.54 Å². The quantitative estimate of drug-likeness (QED) is 0.212. The van der Waals surface area contributed by atoms with Crippen LogP contribution in [0.15, 0.2) is 12.2 Å². The van der Waals surface area contributed by atoms with E-state index in [1.54, 1.807) is 4.90 Å². The molecule has 1 heterocycles. The predicted molar refractivity (Wildman–Crippen MR) is 119 cm³/mol. The van der Waals surface area contributed by atoms with Gasteiger partial charge in [-0.3, -0.25) is 4.79 Å². The van der Waals surface area contributed by atoms with E-state index in [2.05, 4.69) is 19.1 Å². The van der Waals surface area contributed by atoms with Crippen molar-refractivity contribution < 1.29 is 14.7 Å². The molecule has 5 heteroatoms. The van der Waals surface area contributed by atoms with Crippen molar-refractivity contribution in [3.8, 4) is 0 Å². The van der Waals surface area contributed by atoms with Crippen LogP contribution in [-0.2, 0) is 9.59 Å². The van der Waals surface area contributed by atoms with Crippen molar-refractivity contribution in [1.82, 2.24) is 4.90 Å². The number of nitrogens with zero attached hydrogens (tertiary/aromatic N) is 1. The zero-order chi connectivity index (χ0) is 19.7. The molecule has 0 spiro atoms. The van der Waals surface area contributed by atoms with Crippen molar-refractivity contribution in [3.63, 3.8) is 0 Å². The van der Waals surface area contributed by atoms with Gasteiger partial charge in [0.15, 0.2) is 0 Å². The fourth-order valence-corrected chi connectivity index (χ4v) is 3.81. The average Bonchev–Trinajstić information content (AvgIpc) is 3.15. The first-order valence-electron chi connectivity index (χ1n) is 11.3. The molecule has 1 rings (SSSR count). The molecule has 0 aromatic heterocycles. The molecular formula is C23H42NNaO3. The molecule has 158 valence electrons. The number of amides is 1. The van der Waals surface area contributed by atoms with Gasteiger partial charge in [0, 0.05) is 13.0 Å². The maximum absolute atomic E-state index is 12.1. The first-order valence-corrected chi connectivity index (χ1v) is 11.3. The average molecular weight is 404 g/mol. The summed E-state index contributed by atoms with van der Waals surface area (Å²) in [5.41, 5.74) is 0. The summed E-state index contributed by atoms with van der Waals surface area (Å²) in [4.78, 5) is 24.8. The van der Waals surface area contributed by atoms with Crippen molar-refractivity contribution in [1.29, 1.82) is 0 Å². The number of rotatable bonds is 16. The third-order valence-corrected chi connectivity index (χ3v) is 5.51. The van der Waals surface area contributed by atoms with E-state index in [1.165, 1.54) is 70.6 Å². The Kier molecular flexibility index (Phi) is 18.5. The van der Waals surface area contributed by atoms with Crippen LogP contribution in [0.4, 0.5) is 0 Å². The third-order valence-electron chi connectivity index (χ3n) is 5.51. The Balaban J connectivity index is 0.00000729. The standard InChI is InChI=1S/C23H41NO3.Na.H/c1-2-3-4-5-6-7-8-9-10-11-12-13-14-15-16-19-22(25)24-20-17-18-21(24)23(26)27;;/h9-10,21H,2-8,11-20H2,1H3,(H,26,27);;/b10-9-;;/t21-;;/m0../s1. The molecule has 0 unspecified atom stereocenters. The molecule has 0 bridgehead atoms. The second-order valence-electron chi connectivity index (χ2n) is 7.92. The van der Waals surface area contributed by atoms with Crippen LogP contribution < -0.4 is 0 Å². The van der Waals surface area contributed by atoms with E-state index < -0.39 is 12.0 Å². The molecular weight excluding hydrogens is 361 g/mol.